The Bertz CT molecular complexity index is 596. The third kappa shape index (κ3) is 2.48. The number of hydrogen-bond acceptors (Lipinski definition) is 3. The molecular formula is C14H13FN2O. The summed E-state index contributed by atoms with van der Waals surface area (Å²) in [6, 6.07) is 11.5. The number of nitrogen functional groups attached to an aromatic ring is 1. The van der Waals surface area contributed by atoms with Crippen LogP contribution in [0.15, 0.2) is 42.5 Å². The Labute approximate surface area is 104 Å². The van der Waals surface area contributed by atoms with E-state index in [9.17, 15) is 9.18 Å². The number of hydrogen-bond donors (Lipinski definition) is 2. The van der Waals surface area contributed by atoms with Gasteiger partial charge in [-0.3, -0.25) is 4.79 Å². The van der Waals surface area contributed by atoms with Gasteiger partial charge in [-0.05, 0) is 31.2 Å². The summed E-state index contributed by atoms with van der Waals surface area (Å²) in [4.78, 5) is 11.3. The van der Waals surface area contributed by atoms with Gasteiger partial charge in [0.05, 0.1) is 11.4 Å². The van der Waals surface area contributed by atoms with E-state index in [2.05, 4.69) is 5.32 Å². The Morgan fingerprint density at radius 3 is 2.67 bits per heavy atom. The third-order valence-electron chi connectivity index (χ3n) is 2.60. The van der Waals surface area contributed by atoms with Crippen molar-refractivity contribution >= 4 is 22.8 Å². The maximum atomic E-state index is 13.3. The van der Waals surface area contributed by atoms with Gasteiger partial charge >= 0.3 is 0 Å². The van der Waals surface area contributed by atoms with Gasteiger partial charge in [0.2, 0.25) is 0 Å². The van der Waals surface area contributed by atoms with Crippen LogP contribution in [0.5, 0.6) is 0 Å². The zero-order chi connectivity index (χ0) is 13.1. The fourth-order valence-corrected chi connectivity index (χ4v) is 1.62. The van der Waals surface area contributed by atoms with Crippen LogP contribution >= 0.6 is 0 Å². The van der Waals surface area contributed by atoms with Crippen LogP contribution in [0.2, 0.25) is 0 Å². The molecule has 2 aromatic carbocycles. The first-order valence-electron chi connectivity index (χ1n) is 5.50. The van der Waals surface area contributed by atoms with Crippen molar-refractivity contribution in [3.05, 3.63) is 53.8 Å². The lowest BCUT2D eigenvalue weighted by Crippen LogP contribution is -2.00. The van der Waals surface area contributed by atoms with Gasteiger partial charge in [-0.15, -0.1) is 0 Å². The highest BCUT2D eigenvalue weighted by molar-refractivity contribution is 5.95. The van der Waals surface area contributed by atoms with Crippen LogP contribution in [0.25, 0.3) is 0 Å². The van der Waals surface area contributed by atoms with Gasteiger partial charge in [-0.25, -0.2) is 4.39 Å². The molecule has 0 atom stereocenters. The molecule has 18 heavy (non-hydrogen) atoms. The molecule has 2 rings (SSSR count). The number of halogens is 1. The second kappa shape index (κ2) is 4.87. The summed E-state index contributed by atoms with van der Waals surface area (Å²) in [6.45, 7) is 1.50. The SMILES string of the molecule is CC(=O)c1cccc(Nc2cccc(F)c2N)c1. The van der Waals surface area contributed by atoms with Crippen molar-refractivity contribution in [2.75, 3.05) is 11.1 Å². The standard InChI is InChI=1S/C14H13FN2O/c1-9(18)10-4-2-5-11(8-10)17-13-7-3-6-12(15)14(13)16/h2-8,17H,16H2,1H3. The van der Waals surface area contributed by atoms with E-state index < -0.39 is 5.82 Å². The molecule has 0 spiro atoms. The van der Waals surface area contributed by atoms with Crippen molar-refractivity contribution in [1.82, 2.24) is 0 Å². The monoisotopic (exact) mass is 244 g/mol. The molecule has 0 bridgehead atoms. The number of rotatable bonds is 3. The highest BCUT2D eigenvalue weighted by Gasteiger charge is 2.05. The van der Waals surface area contributed by atoms with Gasteiger partial charge < -0.3 is 11.1 Å². The number of Topliss-reactive ketones (excluding diaryl/α,β-unsaturated/α-hetero) is 1. The topological polar surface area (TPSA) is 55.1 Å². The lowest BCUT2D eigenvalue weighted by atomic mass is 10.1. The lowest BCUT2D eigenvalue weighted by molar-refractivity contribution is 0.101. The molecule has 0 heterocycles. The average Bonchev–Trinajstić information content (AvgIpc) is 2.35. The predicted octanol–water partition coefficient (Wildman–Crippen LogP) is 3.35. The summed E-state index contributed by atoms with van der Waals surface area (Å²) < 4.78 is 13.3. The molecule has 0 unspecified atom stereocenters. The van der Waals surface area contributed by atoms with E-state index in [1.165, 1.54) is 13.0 Å². The summed E-state index contributed by atoms with van der Waals surface area (Å²) in [7, 11) is 0. The summed E-state index contributed by atoms with van der Waals surface area (Å²) in [5.41, 5.74) is 7.45. The molecule has 0 saturated carbocycles. The van der Waals surface area contributed by atoms with Crippen LogP contribution in [0.3, 0.4) is 0 Å². The first kappa shape index (κ1) is 12.1. The maximum Gasteiger partial charge on any atom is 0.159 e. The number of anilines is 3. The van der Waals surface area contributed by atoms with E-state index in [0.29, 0.717) is 16.9 Å². The molecule has 92 valence electrons. The number of carbonyl (C=O) groups excluding carboxylic acids is 1. The zero-order valence-corrected chi connectivity index (χ0v) is 9.91. The second-order valence-corrected chi connectivity index (χ2v) is 3.96. The Hall–Kier alpha value is -2.36. The van der Waals surface area contributed by atoms with E-state index in [4.69, 9.17) is 5.73 Å². The van der Waals surface area contributed by atoms with E-state index in [0.717, 1.165) is 0 Å². The second-order valence-electron chi connectivity index (χ2n) is 3.96. The molecule has 0 radical (unpaired) electrons. The highest BCUT2D eigenvalue weighted by Crippen LogP contribution is 2.25. The van der Waals surface area contributed by atoms with Crippen LogP contribution in [-0.4, -0.2) is 5.78 Å². The van der Waals surface area contributed by atoms with Gasteiger partial charge in [-0.1, -0.05) is 18.2 Å². The molecule has 0 aliphatic rings. The van der Waals surface area contributed by atoms with Gasteiger partial charge in [0, 0.05) is 11.3 Å². The van der Waals surface area contributed by atoms with Crippen LogP contribution in [0.4, 0.5) is 21.5 Å². The van der Waals surface area contributed by atoms with Crippen LogP contribution in [-0.2, 0) is 0 Å². The molecule has 2 aromatic rings. The van der Waals surface area contributed by atoms with Crippen molar-refractivity contribution in [2.45, 2.75) is 6.92 Å². The van der Waals surface area contributed by atoms with Crippen molar-refractivity contribution in [2.24, 2.45) is 0 Å². The van der Waals surface area contributed by atoms with Crippen LogP contribution in [0, 0.1) is 5.82 Å². The average molecular weight is 244 g/mol. The van der Waals surface area contributed by atoms with E-state index >= 15 is 0 Å². The first-order chi connectivity index (χ1) is 8.58. The number of carbonyl (C=O) groups is 1. The quantitative estimate of drug-likeness (QED) is 0.643. The van der Waals surface area contributed by atoms with Crippen molar-refractivity contribution in [1.29, 1.82) is 0 Å². The third-order valence-corrected chi connectivity index (χ3v) is 2.60. The van der Waals surface area contributed by atoms with Crippen molar-refractivity contribution in [3.63, 3.8) is 0 Å². The van der Waals surface area contributed by atoms with Crippen molar-refractivity contribution in [3.8, 4) is 0 Å². The number of nitrogens with two attached hydrogens (primary N) is 1. The summed E-state index contributed by atoms with van der Waals surface area (Å²) in [5.74, 6) is -0.492. The normalized spacial score (nSPS) is 10.1. The Kier molecular flexibility index (Phi) is 3.28. The van der Waals surface area contributed by atoms with E-state index in [1.807, 2.05) is 0 Å². The number of ketones is 1. The van der Waals surface area contributed by atoms with Crippen LogP contribution in [0.1, 0.15) is 17.3 Å². The Morgan fingerprint density at radius 1 is 1.22 bits per heavy atom. The minimum Gasteiger partial charge on any atom is -0.395 e. The number of benzene rings is 2. The molecule has 0 fully saturated rings. The molecule has 0 aliphatic heterocycles. The van der Waals surface area contributed by atoms with Gasteiger partial charge in [-0.2, -0.15) is 0 Å². The maximum absolute atomic E-state index is 13.3. The van der Waals surface area contributed by atoms with Crippen LogP contribution < -0.4 is 11.1 Å². The van der Waals surface area contributed by atoms with Gasteiger partial charge in [0.1, 0.15) is 5.82 Å². The Balaban J connectivity index is 2.31. The predicted molar refractivity (Wildman–Crippen MR) is 70.5 cm³/mol. The minimum absolute atomic E-state index is 0.0223. The fourth-order valence-electron chi connectivity index (χ4n) is 1.62. The molecular weight excluding hydrogens is 231 g/mol. The first-order valence-corrected chi connectivity index (χ1v) is 5.50. The van der Waals surface area contributed by atoms with Crippen molar-refractivity contribution < 1.29 is 9.18 Å². The molecule has 0 aliphatic carbocycles. The van der Waals surface area contributed by atoms with Gasteiger partial charge in [0.25, 0.3) is 0 Å². The minimum atomic E-state index is -0.470. The summed E-state index contributed by atoms with van der Waals surface area (Å²) in [6.07, 6.45) is 0. The number of para-hydroxylation sites is 1. The lowest BCUT2D eigenvalue weighted by Gasteiger charge is -2.10. The fraction of sp³-hybridized carbons (Fsp3) is 0.0714. The number of nitrogens with one attached hydrogen (secondary N) is 1. The summed E-state index contributed by atoms with van der Waals surface area (Å²) >= 11 is 0. The molecule has 0 aromatic heterocycles. The zero-order valence-electron chi connectivity index (χ0n) is 9.91. The molecule has 3 nitrogen and oxygen atoms in total. The molecule has 4 heteroatoms. The van der Waals surface area contributed by atoms with Gasteiger partial charge in [0.15, 0.2) is 5.78 Å². The largest absolute Gasteiger partial charge is 0.395 e. The molecule has 3 N–H and O–H groups in total. The van der Waals surface area contributed by atoms with E-state index in [-0.39, 0.29) is 11.5 Å². The molecule has 0 amide bonds. The highest BCUT2D eigenvalue weighted by atomic mass is 19.1. The smallest absolute Gasteiger partial charge is 0.159 e. The van der Waals surface area contributed by atoms with E-state index in [1.54, 1.807) is 36.4 Å². The Morgan fingerprint density at radius 2 is 1.94 bits per heavy atom. The molecule has 0 saturated heterocycles. The summed E-state index contributed by atoms with van der Waals surface area (Å²) in [5, 5.41) is 2.99.